The lowest BCUT2D eigenvalue weighted by Gasteiger charge is -2.40. The second kappa shape index (κ2) is 8.28. The fourth-order valence-corrected chi connectivity index (χ4v) is 5.31. The first-order valence-corrected chi connectivity index (χ1v) is 11.3. The third-order valence-corrected chi connectivity index (χ3v) is 6.87. The van der Waals surface area contributed by atoms with Crippen molar-refractivity contribution in [2.45, 2.75) is 19.4 Å². The van der Waals surface area contributed by atoms with Gasteiger partial charge in [-0.1, -0.05) is 48.6 Å². The van der Waals surface area contributed by atoms with Crippen LogP contribution in [0.3, 0.4) is 0 Å². The molecule has 8 heteroatoms. The van der Waals surface area contributed by atoms with E-state index in [2.05, 4.69) is 32.0 Å². The highest BCUT2D eigenvalue weighted by atomic mass is 32.1. The summed E-state index contributed by atoms with van der Waals surface area (Å²) in [6.07, 6.45) is 0.733. The molecule has 0 aliphatic carbocycles. The molecule has 5 rings (SSSR count). The summed E-state index contributed by atoms with van der Waals surface area (Å²) >= 11 is 1.50. The molecule has 1 N–H and O–H groups in total. The molecule has 1 saturated heterocycles. The number of benzene rings is 2. The first-order chi connectivity index (χ1) is 15.1. The van der Waals surface area contributed by atoms with Crippen LogP contribution in [0.4, 0.5) is 10.1 Å². The predicted octanol–water partition coefficient (Wildman–Crippen LogP) is 4.11. The number of halogens is 1. The van der Waals surface area contributed by atoms with E-state index in [1.165, 1.54) is 23.5 Å². The Kier molecular flexibility index (Phi) is 5.33. The predicted molar refractivity (Wildman–Crippen MR) is 120 cm³/mol. The molecule has 31 heavy (non-hydrogen) atoms. The van der Waals surface area contributed by atoms with Crippen LogP contribution in [0.15, 0.2) is 54.6 Å². The molecule has 1 fully saturated rings. The van der Waals surface area contributed by atoms with E-state index < -0.39 is 0 Å². The largest absolute Gasteiger partial charge is 0.492 e. The number of thiazole rings is 1. The number of nitrogens with zero attached hydrogens (tertiary/aromatic N) is 5. The Morgan fingerprint density at radius 2 is 1.74 bits per heavy atom. The van der Waals surface area contributed by atoms with Gasteiger partial charge < -0.3 is 10.0 Å². The van der Waals surface area contributed by atoms with E-state index in [0.717, 1.165) is 59.5 Å². The zero-order valence-corrected chi connectivity index (χ0v) is 18.1. The summed E-state index contributed by atoms with van der Waals surface area (Å²) in [5, 5.41) is 15.5. The molecule has 1 atom stereocenters. The second-order valence-corrected chi connectivity index (χ2v) is 8.69. The first-order valence-electron chi connectivity index (χ1n) is 10.5. The maximum atomic E-state index is 13.3. The van der Waals surface area contributed by atoms with Gasteiger partial charge >= 0.3 is 0 Å². The average molecular weight is 438 g/mol. The maximum Gasteiger partial charge on any atom is 0.230 e. The number of aromatic nitrogens is 3. The van der Waals surface area contributed by atoms with Crippen molar-refractivity contribution < 1.29 is 9.50 Å². The third-order valence-electron chi connectivity index (χ3n) is 5.79. The molecule has 3 heterocycles. The van der Waals surface area contributed by atoms with Gasteiger partial charge in [-0.15, -0.1) is 5.10 Å². The van der Waals surface area contributed by atoms with Crippen LogP contribution < -0.4 is 4.90 Å². The molecule has 1 aliphatic rings. The second-order valence-electron chi connectivity index (χ2n) is 7.68. The Hall–Kier alpha value is -2.97. The molecular weight excluding hydrogens is 413 g/mol. The number of hydrogen-bond acceptors (Lipinski definition) is 6. The molecule has 160 valence electrons. The van der Waals surface area contributed by atoms with Gasteiger partial charge in [0, 0.05) is 38.3 Å². The minimum absolute atomic E-state index is 0.0739. The smallest absolute Gasteiger partial charge is 0.230 e. The van der Waals surface area contributed by atoms with Crippen molar-refractivity contribution in [2.24, 2.45) is 0 Å². The van der Waals surface area contributed by atoms with Crippen molar-refractivity contribution >= 4 is 22.0 Å². The first kappa shape index (κ1) is 20.0. The van der Waals surface area contributed by atoms with Gasteiger partial charge in [-0.25, -0.2) is 9.37 Å². The van der Waals surface area contributed by atoms with Crippen LogP contribution in [0, 0.1) is 5.82 Å². The van der Waals surface area contributed by atoms with E-state index in [-0.39, 0.29) is 17.7 Å². The molecule has 1 aliphatic heterocycles. The number of aromatic hydroxyl groups is 1. The Morgan fingerprint density at radius 3 is 2.39 bits per heavy atom. The molecule has 2 aromatic carbocycles. The van der Waals surface area contributed by atoms with Crippen LogP contribution in [0.5, 0.6) is 5.88 Å². The van der Waals surface area contributed by atoms with E-state index in [9.17, 15) is 9.50 Å². The van der Waals surface area contributed by atoms with Crippen LogP contribution in [0.2, 0.25) is 0 Å². The molecular formula is C23H24FN5OS. The average Bonchev–Trinajstić information content (AvgIpc) is 3.35. The van der Waals surface area contributed by atoms with Crippen molar-refractivity contribution in [3.63, 3.8) is 0 Å². The summed E-state index contributed by atoms with van der Waals surface area (Å²) in [5.41, 5.74) is 2.17. The van der Waals surface area contributed by atoms with E-state index in [1.807, 2.05) is 37.3 Å². The van der Waals surface area contributed by atoms with Gasteiger partial charge in [0.2, 0.25) is 10.8 Å². The number of rotatable bonds is 5. The molecule has 4 aromatic rings. The van der Waals surface area contributed by atoms with Gasteiger partial charge in [-0.3, -0.25) is 4.90 Å². The van der Waals surface area contributed by atoms with Gasteiger partial charge in [0.1, 0.15) is 5.82 Å². The van der Waals surface area contributed by atoms with E-state index in [4.69, 9.17) is 0 Å². The molecule has 0 amide bonds. The molecule has 0 saturated carbocycles. The molecule has 0 spiro atoms. The zero-order valence-electron chi connectivity index (χ0n) is 17.3. The Morgan fingerprint density at radius 1 is 1.03 bits per heavy atom. The number of hydrogen-bond donors (Lipinski definition) is 1. The summed E-state index contributed by atoms with van der Waals surface area (Å²) in [5.74, 6) is 0.684. The minimum atomic E-state index is -0.218. The molecule has 0 unspecified atom stereocenters. The monoisotopic (exact) mass is 437 g/mol. The fraction of sp³-hybridized carbons (Fsp3) is 0.304. The van der Waals surface area contributed by atoms with Crippen LogP contribution in [0.1, 0.15) is 29.2 Å². The Labute approximate surface area is 184 Å². The highest BCUT2D eigenvalue weighted by Crippen LogP contribution is 2.40. The van der Waals surface area contributed by atoms with Crippen molar-refractivity contribution in [1.29, 1.82) is 0 Å². The van der Waals surface area contributed by atoms with Crippen molar-refractivity contribution in [3.05, 3.63) is 76.7 Å². The number of fused-ring (bicyclic) bond motifs is 1. The molecule has 2 aromatic heterocycles. The highest BCUT2D eigenvalue weighted by molar-refractivity contribution is 7.17. The van der Waals surface area contributed by atoms with Crippen molar-refractivity contribution in [1.82, 2.24) is 19.5 Å². The lowest BCUT2D eigenvalue weighted by Crippen LogP contribution is -2.47. The lowest BCUT2D eigenvalue weighted by atomic mass is 10.0. The van der Waals surface area contributed by atoms with Crippen molar-refractivity contribution in [3.8, 4) is 5.88 Å². The highest BCUT2D eigenvalue weighted by Gasteiger charge is 2.31. The SMILES string of the molecule is CCc1nc2sc([C@@H](c3ccccc3)N3CCN(c4ccc(F)cc4)CC3)c(O)n2n1. The van der Waals surface area contributed by atoms with Gasteiger partial charge in [0.25, 0.3) is 0 Å². The van der Waals surface area contributed by atoms with Gasteiger partial charge in [0.15, 0.2) is 5.82 Å². The van der Waals surface area contributed by atoms with Crippen LogP contribution >= 0.6 is 11.3 Å². The molecule has 0 radical (unpaired) electrons. The maximum absolute atomic E-state index is 13.3. The summed E-state index contributed by atoms with van der Waals surface area (Å²) in [6, 6.07) is 16.9. The van der Waals surface area contributed by atoms with Gasteiger partial charge in [0.05, 0.1) is 10.9 Å². The summed E-state index contributed by atoms with van der Waals surface area (Å²) < 4.78 is 14.8. The molecule has 0 bridgehead atoms. The van der Waals surface area contributed by atoms with E-state index in [1.54, 1.807) is 4.52 Å². The molecule has 6 nitrogen and oxygen atoms in total. The van der Waals surface area contributed by atoms with E-state index in [0.29, 0.717) is 0 Å². The Balaban J connectivity index is 1.45. The van der Waals surface area contributed by atoms with Crippen molar-refractivity contribution in [2.75, 3.05) is 31.1 Å². The number of anilines is 1. The van der Waals surface area contributed by atoms with Gasteiger partial charge in [-0.05, 0) is 29.8 Å². The number of piperazine rings is 1. The third kappa shape index (κ3) is 3.77. The standard InChI is InChI=1S/C23H24FN5OS/c1-2-19-25-23-29(26-19)22(30)21(31-23)20(16-6-4-3-5-7-16)28-14-12-27(13-15-28)18-10-8-17(24)9-11-18/h3-11,20,30H,2,12-15H2,1H3/t20-/m1/s1. The summed E-state index contributed by atoms with van der Waals surface area (Å²) in [7, 11) is 0. The minimum Gasteiger partial charge on any atom is -0.492 e. The lowest BCUT2D eigenvalue weighted by molar-refractivity contribution is 0.211. The summed E-state index contributed by atoms with van der Waals surface area (Å²) in [4.78, 5) is 10.8. The number of aryl methyl sites for hydroxylation is 1. The van der Waals surface area contributed by atoms with Crippen LogP contribution in [0.25, 0.3) is 4.96 Å². The zero-order chi connectivity index (χ0) is 21.4. The fourth-order valence-electron chi connectivity index (χ4n) is 4.17. The Bertz CT molecular complexity index is 1170. The van der Waals surface area contributed by atoms with E-state index >= 15 is 0 Å². The quantitative estimate of drug-likeness (QED) is 0.509. The van der Waals surface area contributed by atoms with Crippen LogP contribution in [-0.4, -0.2) is 50.8 Å². The van der Waals surface area contributed by atoms with Crippen LogP contribution in [-0.2, 0) is 6.42 Å². The normalized spacial score (nSPS) is 16.1. The van der Waals surface area contributed by atoms with Gasteiger partial charge in [-0.2, -0.15) is 4.52 Å². The summed E-state index contributed by atoms with van der Waals surface area (Å²) in [6.45, 7) is 5.31. The topological polar surface area (TPSA) is 56.9 Å².